The molecular weight excluding hydrogens is 300 g/mol. The number of rotatable bonds is 2. The van der Waals surface area contributed by atoms with Crippen LogP contribution < -0.4 is 10.6 Å². The zero-order valence-corrected chi connectivity index (χ0v) is 13.4. The molecule has 2 aromatic carbocycles. The van der Waals surface area contributed by atoms with Crippen LogP contribution >= 0.6 is 11.6 Å². The van der Waals surface area contributed by atoms with Crippen LogP contribution in [-0.4, -0.2) is 11.8 Å². The highest BCUT2D eigenvalue weighted by Crippen LogP contribution is 2.20. The van der Waals surface area contributed by atoms with Crippen LogP contribution in [0.1, 0.15) is 16.7 Å². The Labute approximate surface area is 134 Å². The fraction of sp³-hybridized carbons (Fsp3) is 0.176. The Kier molecular flexibility index (Phi) is 4.83. The first-order valence-electron chi connectivity index (χ1n) is 6.82. The fourth-order valence-corrected chi connectivity index (χ4v) is 2.27. The smallest absolute Gasteiger partial charge is 0.314 e. The van der Waals surface area contributed by atoms with Crippen molar-refractivity contribution in [3.63, 3.8) is 0 Å². The predicted molar refractivity (Wildman–Crippen MR) is 89.4 cm³/mol. The maximum atomic E-state index is 11.9. The van der Waals surface area contributed by atoms with Crippen LogP contribution in [0.15, 0.2) is 36.4 Å². The Hall–Kier alpha value is -2.33. The van der Waals surface area contributed by atoms with Crippen LogP contribution in [0, 0.1) is 20.8 Å². The van der Waals surface area contributed by atoms with Crippen LogP contribution in [0.25, 0.3) is 0 Å². The first kappa shape index (κ1) is 16.0. The highest BCUT2D eigenvalue weighted by molar-refractivity contribution is 6.43. The predicted octanol–water partition coefficient (Wildman–Crippen LogP) is 3.84. The van der Waals surface area contributed by atoms with E-state index >= 15 is 0 Å². The lowest BCUT2D eigenvalue weighted by atomic mass is 10.1. The number of halogens is 1. The molecule has 0 bridgehead atoms. The standard InChI is InChI=1S/C17H17ClN2O2/c1-10-6-11(2)8-14(7-10)20-17(22)16(21)19-13-5-4-12(3)15(18)9-13/h4-9H,1-3H3,(H,19,21)(H,20,22). The molecule has 22 heavy (non-hydrogen) atoms. The summed E-state index contributed by atoms with van der Waals surface area (Å²) < 4.78 is 0. The van der Waals surface area contributed by atoms with Gasteiger partial charge in [-0.2, -0.15) is 0 Å². The van der Waals surface area contributed by atoms with E-state index in [-0.39, 0.29) is 0 Å². The molecule has 0 heterocycles. The number of hydrogen-bond acceptors (Lipinski definition) is 2. The minimum absolute atomic E-state index is 0.483. The molecule has 0 aromatic heterocycles. The first-order chi connectivity index (χ1) is 10.3. The van der Waals surface area contributed by atoms with E-state index in [9.17, 15) is 9.59 Å². The van der Waals surface area contributed by atoms with E-state index in [1.54, 1.807) is 30.3 Å². The normalized spacial score (nSPS) is 10.2. The molecule has 4 nitrogen and oxygen atoms in total. The van der Waals surface area contributed by atoms with Crippen molar-refractivity contribution in [2.45, 2.75) is 20.8 Å². The van der Waals surface area contributed by atoms with Gasteiger partial charge in [0, 0.05) is 16.4 Å². The molecule has 0 aliphatic carbocycles. The molecule has 2 aromatic rings. The van der Waals surface area contributed by atoms with Crippen molar-refractivity contribution in [2.24, 2.45) is 0 Å². The molecule has 0 saturated heterocycles. The van der Waals surface area contributed by atoms with E-state index in [4.69, 9.17) is 11.6 Å². The van der Waals surface area contributed by atoms with Crippen molar-refractivity contribution in [1.29, 1.82) is 0 Å². The van der Waals surface area contributed by atoms with E-state index in [1.165, 1.54) is 0 Å². The molecule has 0 aliphatic heterocycles. The largest absolute Gasteiger partial charge is 0.318 e. The van der Waals surface area contributed by atoms with Crippen molar-refractivity contribution in [3.8, 4) is 0 Å². The van der Waals surface area contributed by atoms with Gasteiger partial charge in [-0.3, -0.25) is 9.59 Å². The summed E-state index contributed by atoms with van der Waals surface area (Å²) >= 11 is 5.99. The van der Waals surface area contributed by atoms with Crippen molar-refractivity contribution < 1.29 is 9.59 Å². The molecule has 0 aliphatic rings. The van der Waals surface area contributed by atoms with Gasteiger partial charge >= 0.3 is 11.8 Å². The van der Waals surface area contributed by atoms with Gasteiger partial charge in [-0.25, -0.2) is 0 Å². The van der Waals surface area contributed by atoms with Gasteiger partial charge in [0.15, 0.2) is 0 Å². The Bertz CT molecular complexity index is 721. The topological polar surface area (TPSA) is 58.2 Å². The minimum atomic E-state index is -0.737. The van der Waals surface area contributed by atoms with Gasteiger partial charge in [-0.05, 0) is 61.7 Å². The van der Waals surface area contributed by atoms with Gasteiger partial charge in [0.05, 0.1) is 0 Å². The molecule has 5 heteroatoms. The van der Waals surface area contributed by atoms with E-state index in [1.807, 2.05) is 26.8 Å². The maximum Gasteiger partial charge on any atom is 0.314 e. The number of nitrogens with one attached hydrogen (secondary N) is 2. The van der Waals surface area contributed by atoms with E-state index in [0.29, 0.717) is 16.4 Å². The number of amides is 2. The summed E-state index contributed by atoms with van der Waals surface area (Å²) in [4.78, 5) is 23.9. The second-order valence-corrected chi connectivity index (χ2v) is 5.66. The number of aryl methyl sites for hydroxylation is 3. The minimum Gasteiger partial charge on any atom is -0.318 e. The summed E-state index contributed by atoms with van der Waals surface area (Å²) in [6, 6.07) is 10.7. The van der Waals surface area contributed by atoms with E-state index < -0.39 is 11.8 Å². The first-order valence-corrected chi connectivity index (χ1v) is 7.20. The van der Waals surface area contributed by atoms with Gasteiger partial charge in [-0.1, -0.05) is 23.7 Å². The highest BCUT2D eigenvalue weighted by atomic mass is 35.5. The van der Waals surface area contributed by atoms with Gasteiger partial charge in [0.2, 0.25) is 0 Å². The summed E-state index contributed by atoms with van der Waals surface area (Å²) in [5.74, 6) is -1.46. The van der Waals surface area contributed by atoms with Crippen LogP contribution in [-0.2, 0) is 9.59 Å². The number of benzene rings is 2. The Morgan fingerprint density at radius 3 is 1.91 bits per heavy atom. The fourth-order valence-electron chi connectivity index (χ4n) is 2.09. The molecule has 0 radical (unpaired) electrons. The molecule has 0 unspecified atom stereocenters. The third-order valence-electron chi connectivity index (χ3n) is 3.12. The molecule has 2 amide bonds. The van der Waals surface area contributed by atoms with Crippen LogP contribution in [0.3, 0.4) is 0 Å². The zero-order valence-electron chi connectivity index (χ0n) is 12.7. The Morgan fingerprint density at radius 1 is 0.818 bits per heavy atom. The van der Waals surface area contributed by atoms with E-state index in [2.05, 4.69) is 10.6 Å². The van der Waals surface area contributed by atoms with Crippen molar-refractivity contribution in [3.05, 3.63) is 58.1 Å². The number of hydrogen-bond donors (Lipinski definition) is 2. The molecule has 2 rings (SSSR count). The summed E-state index contributed by atoms with van der Waals surface area (Å²) in [6.45, 7) is 5.72. The number of carbonyl (C=O) groups is 2. The summed E-state index contributed by atoms with van der Waals surface area (Å²) in [7, 11) is 0. The zero-order chi connectivity index (χ0) is 16.3. The molecular formula is C17H17ClN2O2. The molecule has 0 spiro atoms. The van der Waals surface area contributed by atoms with Crippen LogP contribution in [0.5, 0.6) is 0 Å². The lowest BCUT2D eigenvalue weighted by Gasteiger charge is -2.09. The van der Waals surface area contributed by atoms with Crippen molar-refractivity contribution >= 4 is 34.8 Å². The van der Waals surface area contributed by atoms with Crippen LogP contribution in [0.2, 0.25) is 5.02 Å². The van der Waals surface area contributed by atoms with Gasteiger partial charge < -0.3 is 10.6 Å². The summed E-state index contributed by atoms with van der Waals surface area (Å²) in [5.41, 5.74) is 4.01. The monoisotopic (exact) mass is 316 g/mol. The lowest BCUT2D eigenvalue weighted by Crippen LogP contribution is -2.29. The average Bonchev–Trinajstić information content (AvgIpc) is 2.41. The highest BCUT2D eigenvalue weighted by Gasteiger charge is 2.14. The van der Waals surface area contributed by atoms with Crippen molar-refractivity contribution in [1.82, 2.24) is 0 Å². The molecule has 0 fully saturated rings. The second-order valence-electron chi connectivity index (χ2n) is 5.25. The third-order valence-corrected chi connectivity index (χ3v) is 3.52. The molecule has 2 N–H and O–H groups in total. The number of carbonyl (C=O) groups excluding carboxylic acids is 2. The maximum absolute atomic E-state index is 11.9. The summed E-state index contributed by atoms with van der Waals surface area (Å²) in [6.07, 6.45) is 0. The van der Waals surface area contributed by atoms with Gasteiger partial charge in [0.1, 0.15) is 0 Å². The Balaban J connectivity index is 2.05. The second kappa shape index (κ2) is 6.62. The van der Waals surface area contributed by atoms with Gasteiger partial charge in [0.25, 0.3) is 0 Å². The average molecular weight is 317 g/mol. The van der Waals surface area contributed by atoms with Crippen LogP contribution in [0.4, 0.5) is 11.4 Å². The summed E-state index contributed by atoms with van der Waals surface area (Å²) in [5, 5.41) is 5.64. The molecule has 0 saturated carbocycles. The van der Waals surface area contributed by atoms with E-state index in [0.717, 1.165) is 16.7 Å². The quantitative estimate of drug-likeness (QED) is 0.827. The SMILES string of the molecule is Cc1cc(C)cc(NC(=O)C(=O)Nc2ccc(C)c(Cl)c2)c1. The molecule has 0 atom stereocenters. The third kappa shape index (κ3) is 4.09. The molecule has 114 valence electrons. The Morgan fingerprint density at radius 2 is 1.36 bits per heavy atom. The van der Waals surface area contributed by atoms with Gasteiger partial charge in [-0.15, -0.1) is 0 Å². The lowest BCUT2D eigenvalue weighted by molar-refractivity contribution is -0.132. The number of anilines is 2. The van der Waals surface area contributed by atoms with Crippen molar-refractivity contribution in [2.75, 3.05) is 10.6 Å².